The van der Waals surface area contributed by atoms with Crippen molar-refractivity contribution in [2.75, 3.05) is 13.7 Å². The third kappa shape index (κ3) is 4.21. The highest BCUT2D eigenvalue weighted by atomic mass is 16.5. The molecule has 3 aromatic heterocycles. The number of methoxy groups -OCH3 is 1. The average molecular weight is 433 g/mol. The maximum absolute atomic E-state index is 13.2. The van der Waals surface area contributed by atoms with E-state index in [-0.39, 0.29) is 5.91 Å². The molecule has 0 aliphatic heterocycles. The topological polar surface area (TPSA) is 86.9 Å². The number of aryl methyl sites for hydroxylation is 5. The molecule has 0 radical (unpaired) electrons. The third-order valence-electron chi connectivity index (χ3n) is 5.51. The summed E-state index contributed by atoms with van der Waals surface area (Å²) in [6.45, 7) is 7.23. The first-order chi connectivity index (χ1) is 15.4. The number of hydrogen-bond acceptors (Lipinski definition) is 5. The van der Waals surface area contributed by atoms with Crippen LogP contribution in [0.25, 0.3) is 22.3 Å². The highest BCUT2D eigenvalue weighted by Crippen LogP contribution is 2.28. The number of hydrogen-bond donors (Lipinski definition) is 1. The third-order valence-corrected chi connectivity index (χ3v) is 5.51. The molecule has 4 rings (SSSR count). The fourth-order valence-corrected chi connectivity index (χ4v) is 3.98. The molecule has 0 bridgehead atoms. The Morgan fingerprint density at radius 1 is 1.12 bits per heavy atom. The number of benzene rings is 1. The van der Waals surface area contributed by atoms with Gasteiger partial charge in [-0.15, -0.1) is 0 Å². The Kier molecular flexibility index (Phi) is 5.94. The van der Waals surface area contributed by atoms with Gasteiger partial charge in [-0.25, -0.2) is 4.98 Å². The van der Waals surface area contributed by atoms with Gasteiger partial charge in [0.25, 0.3) is 5.91 Å². The fourth-order valence-electron chi connectivity index (χ4n) is 3.98. The van der Waals surface area contributed by atoms with Crippen LogP contribution in [0, 0.1) is 20.8 Å². The minimum Gasteiger partial charge on any atom is -0.497 e. The first-order valence-corrected chi connectivity index (χ1v) is 10.7. The van der Waals surface area contributed by atoms with E-state index in [4.69, 9.17) is 9.72 Å². The van der Waals surface area contributed by atoms with Crippen LogP contribution in [0.15, 0.2) is 36.4 Å². The smallest absolute Gasteiger partial charge is 0.252 e. The van der Waals surface area contributed by atoms with Gasteiger partial charge in [0, 0.05) is 31.4 Å². The van der Waals surface area contributed by atoms with Gasteiger partial charge in [-0.1, -0.05) is 12.1 Å². The lowest BCUT2D eigenvalue weighted by Crippen LogP contribution is -2.26. The van der Waals surface area contributed by atoms with E-state index in [0.717, 1.165) is 46.7 Å². The summed E-state index contributed by atoms with van der Waals surface area (Å²) in [5, 5.41) is 12.8. The number of nitrogens with one attached hydrogen (secondary N) is 1. The lowest BCUT2D eigenvalue weighted by molar-refractivity contribution is 0.0954. The van der Waals surface area contributed by atoms with Crippen LogP contribution in [0.3, 0.4) is 0 Å². The molecule has 0 fully saturated rings. The molecule has 4 aromatic rings. The first-order valence-electron chi connectivity index (χ1n) is 10.7. The van der Waals surface area contributed by atoms with Gasteiger partial charge in [-0.3, -0.25) is 14.2 Å². The van der Waals surface area contributed by atoms with Crippen molar-refractivity contribution in [3.8, 4) is 17.0 Å². The van der Waals surface area contributed by atoms with E-state index in [1.807, 2.05) is 62.8 Å². The van der Waals surface area contributed by atoms with Crippen molar-refractivity contribution >= 4 is 16.9 Å². The van der Waals surface area contributed by atoms with Crippen LogP contribution >= 0.6 is 0 Å². The maximum atomic E-state index is 13.2. The van der Waals surface area contributed by atoms with Crippen molar-refractivity contribution in [3.63, 3.8) is 0 Å². The monoisotopic (exact) mass is 432 g/mol. The van der Waals surface area contributed by atoms with Crippen molar-refractivity contribution in [2.45, 2.75) is 33.7 Å². The number of ether oxygens (including phenoxy) is 1. The Morgan fingerprint density at radius 3 is 2.66 bits per heavy atom. The van der Waals surface area contributed by atoms with E-state index in [2.05, 4.69) is 21.6 Å². The molecule has 32 heavy (non-hydrogen) atoms. The predicted molar refractivity (Wildman–Crippen MR) is 124 cm³/mol. The average Bonchev–Trinajstić information content (AvgIpc) is 3.27. The zero-order chi connectivity index (χ0) is 22.8. The minimum absolute atomic E-state index is 0.133. The standard InChI is InChI=1S/C24H28N6O2/c1-15-12-16(2)30(27-15)11-7-10-25-24(31)20-14-21(18-8-6-9-19(13-18)32-5)26-23-22(20)17(3)28-29(23)4/h6,8-9,12-14H,7,10-11H2,1-5H3,(H,25,31). The van der Waals surface area contributed by atoms with E-state index in [9.17, 15) is 4.79 Å². The van der Waals surface area contributed by atoms with Gasteiger partial charge in [0.1, 0.15) is 5.75 Å². The van der Waals surface area contributed by atoms with Crippen molar-refractivity contribution in [1.82, 2.24) is 29.9 Å². The molecule has 1 aromatic carbocycles. The summed E-state index contributed by atoms with van der Waals surface area (Å²) >= 11 is 0. The number of amides is 1. The molecule has 0 saturated carbocycles. The molecule has 1 N–H and O–H groups in total. The molecule has 0 aliphatic carbocycles. The van der Waals surface area contributed by atoms with Gasteiger partial charge in [0.15, 0.2) is 5.65 Å². The zero-order valence-corrected chi connectivity index (χ0v) is 19.1. The largest absolute Gasteiger partial charge is 0.497 e. The maximum Gasteiger partial charge on any atom is 0.252 e. The summed E-state index contributed by atoms with van der Waals surface area (Å²) in [5.74, 6) is 0.603. The number of carbonyl (C=O) groups excluding carboxylic acids is 1. The number of rotatable bonds is 7. The number of aromatic nitrogens is 5. The molecular formula is C24H28N6O2. The fraction of sp³-hybridized carbons (Fsp3) is 0.333. The molecule has 8 nitrogen and oxygen atoms in total. The molecule has 0 unspecified atom stereocenters. The molecule has 1 amide bonds. The van der Waals surface area contributed by atoms with Crippen LogP contribution in [-0.2, 0) is 13.6 Å². The van der Waals surface area contributed by atoms with Crippen molar-refractivity contribution in [3.05, 3.63) is 59.0 Å². The Bertz CT molecular complexity index is 1290. The van der Waals surface area contributed by atoms with Crippen LogP contribution in [0.2, 0.25) is 0 Å². The van der Waals surface area contributed by atoms with Crippen molar-refractivity contribution in [1.29, 1.82) is 0 Å². The number of nitrogens with zero attached hydrogens (tertiary/aromatic N) is 5. The highest BCUT2D eigenvalue weighted by Gasteiger charge is 2.19. The Morgan fingerprint density at radius 2 is 1.94 bits per heavy atom. The second-order valence-corrected chi connectivity index (χ2v) is 7.95. The van der Waals surface area contributed by atoms with Gasteiger partial charge < -0.3 is 10.1 Å². The van der Waals surface area contributed by atoms with Gasteiger partial charge in [0.2, 0.25) is 0 Å². The first kappa shape index (κ1) is 21.5. The van der Waals surface area contributed by atoms with E-state index in [1.165, 1.54) is 0 Å². The number of carbonyl (C=O) groups is 1. The molecule has 0 spiro atoms. The highest BCUT2D eigenvalue weighted by molar-refractivity contribution is 6.07. The number of fused-ring (bicyclic) bond motifs is 1. The molecule has 166 valence electrons. The SMILES string of the molecule is COc1cccc(-c2cc(C(=O)NCCCn3nc(C)cc3C)c3c(C)nn(C)c3n2)c1. The second kappa shape index (κ2) is 8.82. The molecule has 0 saturated heterocycles. The van der Waals surface area contributed by atoms with Crippen LogP contribution in [-0.4, -0.2) is 44.1 Å². The number of pyridine rings is 1. The molecule has 3 heterocycles. The van der Waals surface area contributed by atoms with Gasteiger partial charge in [-0.05, 0) is 51.5 Å². The van der Waals surface area contributed by atoms with E-state index in [1.54, 1.807) is 11.8 Å². The van der Waals surface area contributed by atoms with Crippen LogP contribution < -0.4 is 10.1 Å². The van der Waals surface area contributed by atoms with Crippen LogP contribution in [0.4, 0.5) is 0 Å². The van der Waals surface area contributed by atoms with Gasteiger partial charge in [-0.2, -0.15) is 10.2 Å². The van der Waals surface area contributed by atoms with Crippen molar-refractivity contribution in [2.24, 2.45) is 7.05 Å². The predicted octanol–water partition coefficient (Wildman–Crippen LogP) is 3.59. The van der Waals surface area contributed by atoms with E-state index in [0.29, 0.717) is 23.4 Å². The lowest BCUT2D eigenvalue weighted by atomic mass is 10.0. The summed E-state index contributed by atoms with van der Waals surface area (Å²) in [5.41, 5.74) is 5.73. The minimum atomic E-state index is -0.133. The summed E-state index contributed by atoms with van der Waals surface area (Å²) in [6, 6.07) is 11.5. The Balaban J connectivity index is 1.60. The second-order valence-electron chi connectivity index (χ2n) is 7.95. The van der Waals surface area contributed by atoms with Gasteiger partial charge in [0.05, 0.1) is 35.1 Å². The summed E-state index contributed by atoms with van der Waals surface area (Å²) in [4.78, 5) is 18.0. The summed E-state index contributed by atoms with van der Waals surface area (Å²) in [6.07, 6.45) is 0.788. The summed E-state index contributed by atoms with van der Waals surface area (Å²) in [7, 11) is 3.47. The molecule has 0 atom stereocenters. The normalized spacial score (nSPS) is 11.2. The van der Waals surface area contributed by atoms with Gasteiger partial charge >= 0.3 is 0 Å². The van der Waals surface area contributed by atoms with Crippen molar-refractivity contribution < 1.29 is 9.53 Å². The lowest BCUT2D eigenvalue weighted by Gasteiger charge is -2.10. The summed E-state index contributed by atoms with van der Waals surface area (Å²) < 4.78 is 9.04. The molecule has 0 aliphatic rings. The zero-order valence-electron chi connectivity index (χ0n) is 19.1. The van der Waals surface area contributed by atoms with Crippen LogP contribution in [0.1, 0.15) is 33.9 Å². The van der Waals surface area contributed by atoms with E-state index >= 15 is 0 Å². The van der Waals surface area contributed by atoms with Crippen LogP contribution in [0.5, 0.6) is 5.75 Å². The Labute approximate surface area is 187 Å². The van der Waals surface area contributed by atoms with E-state index < -0.39 is 0 Å². The molecular weight excluding hydrogens is 404 g/mol. The quantitative estimate of drug-likeness (QED) is 0.451. The molecule has 8 heteroatoms. The Hall–Kier alpha value is -3.68.